The molecular weight excluding hydrogens is 298 g/mol. The minimum Gasteiger partial charge on any atom is -0.488 e. The molecular formula is C13H16BrNO3. The van der Waals surface area contributed by atoms with E-state index in [0.29, 0.717) is 6.61 Å². The van der Waals surface area contributed by atoms with E-state index in [1.165, 1.54) is 0 Å². The number of hydrogen-bond acceptors (Lipinski definition) is 4. The van der Waals surface area contributed by atoms with Crippen molar-refractivity contribution in [1.82, 2.24) is 0 Å². The van der Waals surface area contributed by atoms with Gasteiger partial charge in [0, 0.05) is 10.9 Å². The predicted octanol–water partition coefficient (Wildman–Crippen LogP) is 3.36. The third-order valence-electron chi connectivity index (χ3n) is 2.53. The SMILES string of the molecule is Brc1ccc(OC/C=N\OC2CCCCO2)cc1. The Morgan fingerprint density at radius 2 is 2.17 bits per heavy atom. The highest BCUT2D eigenvalue weighted by atomic mass is 79.9. The van der Waals surface area contributed by atoms with E-state index in [4.69, 9.17) is 14.3 Å². The van der Waals surface area contributed by atoms with Gasteiger partial charge in [-0.1, -0.05) is 21.1 Å². The van der Waals surface area contributed by atoms with Gasteiger partial charge >= 0.3 is 0 Å². The van der Waals surface area contributed by atoms with E-state index in [2.05, 4.69) is 21.1 Å². The second kappa shape index (κ2) is 7.38. The van der Waals surface area contributed by atoms with E-state index in [9.17, 15) is 0 Å². The van der Waals surface area contributed by atoms with Crippen molar-refractivity contribution in [3.63, 3.8) is 0 Å². The van der Waals surface area contributed by atoms with Crippen LogP contribution in [0.4, 0.5) is 0 Å². The molecule has 1 fully saturated rings. The van der Waals surface area contributed by atoms with Gasteiger partial charge in [-0.2, -0.15) is 0 Å². The molecule has 1 aliphatic rings. The minimum atomic E-state index is -0.192. The van der Waals surface area contributed by atoms with Gasteiger partial charge in [0.2, 0.25) is 6.29 Å². The van der Waals surface area contributed by atoms with E-state index < -0.39 is 0 Å². The zero-order valence-corrected chi connectivity index (χ0v) is 11.6. The minimum absolute atomic E-state index is 0.192. The Bertz CT molecular complexity index is 374. The first-order chi connectivity index (χ1) is 8.84. The van der Waals surface area contributed by atoms with Crippen molar-refractivity contribution in [2.75, 3.05) is 13.2 Å². The lowest BCUT2D eigenvalue weighted by molar-refractivity contribution is -0.161. The number of nitrogens with zero attached hydrogens (tertiary/aromatic N) is 1. The Balaban J connectivity index is 1.63. The number of hydrogen-bond donors (Lipinski definition) is 0. The maximum atomic E-state index is 5.46. The molecule has 0 N–H and O–H groups in total. The van der Waals surface area contributed by atoms with Crippen LogP contribution in [0.15, 0.2) is 33.9 Å². The lowest BCUT2D eigenvalue weighted by Crippen LogP contribution is -2.20. The van der Waals surface area contributed by atoms with Crippen LogP contribution in [0.2, 0.25) is 0 Å². The van der Waals surface area contributed by atoms with Crippen LogP contribution >= 0.6 is 15.9 Å². The molecule has 4 nitrogen and oxygen atoms in total. The van der Waals surface area contributed by atoms with Crippen LogP contribution in [0.5, 0.6) is 5.75 Å². The van der Waals surface area contributed by atoms with Gasteiger partial charge in [-0.3, -0.25) is 0 Å². The van der Waals surface area contributed by atoms with Crippen LogP contribution < -0.4 is 4.74 Å². The Kier molecular flexibility index (Phi) is 5.48. The van der Waals surface area contributed by atoms with Gasteiger partial charge in [-0.05, 0) is 37.1 Å². The first-order valence-electron chi connectivity index (χ1n) is 6.02. The van der Waals surface area contributed by atoms with Crippen LogP contribution in [0.1, 0.15) is 19.3 Å². The summed E-state index contributed by atoms with van der Waals surface area (Å²) in [6, 6.07) is 7.64. The van der Waals surface area contributed by atoms with Crippen molar-refractivity contribution < 1.29 is 14.3 Å². The van der Waals surface area contributed by atoms with Crippen molar-refractivity contribution >= 4 is 22.1 Å². The lowest BCUT2D eigenvalue weighted by atomic mass is 10.2. The average molecular weight is 314 g/mol. The zero-order valence-electron chi connectivity index (χ0n) is 10.0. The van der Waals surface area contributed by atoms with Gasteiger partial charge in [0.1, 0.15) is 12.4 Å². The first-order valence-corrected chi connectivity index (χ1v) is 6.81. The standard InChI is InChI=1S/C13H16BrNO3/c14-11-4-6-12(7-5-11)16-10-8-15-18-13-3-1-2-9-17-13/h4-8,13H,1-3,9-10H2/b15-8-. The normalized spacial score (nSPS) is 19.9. The summed E-state index contributed by atoms with van der Waals surface area (Å²) in [4.78, 5) is 5.20. The van der Waals surface area contributed by atoms with Gasteiger partial charge in [-0.15, -0.1) is 0 Å². The smallest absolute Gasteiger partial charge is 0.226 e. The molecule has 1 heterocycles. The summed E-state index contributed by atoms with van der Waals surface area (Å²) in [6.45, 7) is 1.14. The monoisotopic (exact) mass is 313 g/mol. The molecule has 18 heavy (non-hydrogen) atoms. The number of halogens is 1. The summed E-state index contributed by atoms with van der Waals surface area (Å²) < 4.78 is 11.9. The van der Waals surface area contributed by atoms with Gasteiger partial charge in [-0.25, -0.2) is 0 Å². The number of benzene rings is 1. The third kappa shape index (κ3) is 4.66. The van der Waals surface area contributed by atoms with Gasteiger partial charge in [0.05, 0.1) is 12.8 Å². The molecule has 0 aliphatic carbocycles. The van der Waals surface area contributed by atoms with Crippen molar-refractivity contribution in [1.29, 1.82) is 0 Å². The molecule has 0 amide bonds. The fourth-order valence-corrected chi connectivity index (χ4v) is 1.86. The molecule has 1 unspecified atom stereocenters. The summed E-state index contributed by atoms with van der Waals surface area (Å²) in [5, 5.41) is 3.84. The van der Waals surface area contributed by atoms with Crippen molar-refractivity contribution in [2.45, 2.75) is 25.6 Å². The topological polar surface area (TPSA) is 40.0 Å². The molecule has 0 bridgehead atoms. The molecule has 0 spiro atoms. The highest BCUT2D eigenvalue weighted by Gasteiger charge is 2.13. The fraction of sp³-hybridized carbons (Fsp3) is 0.462. The van der Waals surface area contributed by atoms with Crippen molar-refractivity contribution in [3.05, 3.63) is 28.7 Å². The quantitative estimate of drug-likeness (QED) is 0.618. The Morgan fingerprint density at radius 1 is 1.33 bits per heavy atom. The molecule has 2 rings (SSSR count). The lowest BCUT2D eigenvalue weighted by Gasteiger charge is -2.19. The summed E-state index contributed by atoms with van der Waals surface area (Å²) in [6.07, 6.45) is 4.55. The predicted molar refractivity (Wildman–Crippen MR) is 72.8 cm³/mol. The van der Waals surface area contributed by atoms with Crippen LogP contribution in [0, 0.1) is 0 Å². The van der Waals surface area contributed by atoms with Crippen LogP contribution in [0.3, 0.4) is 0 Å². The van der Waals surface area contributed by atoms with Crippen LogP contribution in [-0.2, 0) is 9.57 Å². The summed E-state index contributed by atoms with van der Waals surface area (Å²) in [7, 11) is 0. The van der Waals surface area contributed by atoms with E-state index in [-0.39, 0.29) is 6.29 Å². The van der Waals surface area contributed by atoms with Crippen LogP contribution in [-0.4, -0.2) is 25.7 Å². The second-order valence-electron chi connectivity index (χ2n) is 3.95. The summed E-state index contributed by atoms with van der Waals surface area (Å²) in [5.41, 5.74) is 0. The number of ether oxygens (including phenoxy) is 2. The largest absolute Gasteiger partial charge is 0.488 e. The molecule has 0 saturated carbocycles. The summed E-state index contributed by atoms with van der Waals surface area (Å²) >= 11 is 3.37. The average Bonchev–Trinajstić information content (AvgIpc) is 2.42. The maximum Gasteiger partial charge on any atom is 0.226 e. The zero-order chi connectivity index (χ0) is 12.6. The first kappa shape index (κ1) is 13.4. The molecule has 1 aliphatic heterocycles. The molecule has 98 valence electrons. The number of oxime groups is 1. The number of rotatable bonds is 5. The van der Waals surface area contributed by atoms with Gasteiger partial charge < -0.3 is 14.3 Å². The van der Waals surface area contributed by atoms with Crippen molar-refractivity contribution in [3.8, 4) is 5.75 Å². The Hall–Kier alpha value is -1.07. The molecule has 0 aromatic heterocycles. The van der Waals surface area contributed by atoms with E-state index in [1.54, 1.807) is 6.21 Å². The van der Waals surface area contributed by atoms with Gasteiger partial charge in [0.15, 0.2) is 0 Å². The van der Waals surface area contributed by atoms with Crippen molar-refractivity contribution in [2.24, 2.45) is 5.16 Å². The van der Waals surface area contributed by atoms with E-state index >= 15 is 0 Å². The Morgan fingerprint density at radius 3 is 2.89 bits per heavy atom. The maximum absolute atomic E-state index is 5.46. The third-order valence-corrected chi connectivity index (χ3v) is 3.06. The van der Waals surface area contributed by atoms with Crippen LogP contribution in [0.25, 0.3) is 0 Å². The van der Waals surface area contributed by atoms with Gasteiger partial charge in [0.25, 0.3) is 0 Å². The molecule has 1 atom stereocenters. The highest BCUT2D eigenvalue weighted by Crippen LogP contribution is 2.16. The molecule has 5 heteroatoms. The molecule has 1 aromatic carbocycles. The summed E-state index contributed by atoms with van der Waals surface area (Å²) in [5.74, 6) is 0.804. The van der Waals surface area contributed by atoms with E-state index in [1.807, 2.05) is 24.3 Å². The second-order valence-corrected chi connectivity index (χ2v) is 4.87. The fourth-order valence-electron chi connectivity index (χ4n) is 1.60. The molecule has 1 aromatic rings. The Labute approximate surface area is 115 Å². The highest BCUT2D eigenvalue weighted by molar-refractivity contribution is 9.10. The van der Waals surface area contributed by atoms with E-state index in [0.717, 1.165) is 36.1 Å². The molecule has 0 radical (unpaired) electrons. The molecule has 1 saturated heterocycles.